The molecule has 24 heavy (non-hydrogen) atoms. The smallest absolute Gasteiger partial charge is 0.163 e. The average Bonchev–Trinajstić information content (AvgIpc) is 3.10. The number of hydrogen-bond acceptors (Lipinski definition) is 4. The molecule has 4 aromatic rings. The van der Waals surface area contributed by atoms with Crippen molar-refractivity contribution < 1.29 is 0 Å². The molecule has 0 amide bonds. The predicted octanol–water partition coefficient (Wildman–Crippen LogP) is 4.78. The normalized spacial score (nSPS) is 11.3. The fourth-order valence-electron chi connectivity index (χ4n) is 3.29. The molecule has 4 nitrogen and oxygen atoms in total. The fourth-order valence-corrected chi connectivity index (χ4v) is 4.10. The van der Waals surface area contributed by atoms with Crippen LogP contribution >= 0.6 is 11.3 Å². The molecular weight excluding hydrogens is 316 g/mol. The van der Waals surface area contributed by atoms with Crippen LogP contribution in [-0.2, 0) is 0 Å². The number of aryl methyl sites for hydroxylation is 4. The summed E-state index contributed by atoms with van der Waals surface area (Å²) in [5.41, 5.74) is 6.80. The number of nitrogens with zero attached hydrogens (tertiary/aromatic N) is 4. The summed E-state index contributed by atoms with van der Waals surface area (Å²) in [7, 11) is 0. The molecule has 0 saturated carbocycles. The lowest BCUT2D eigenvalue weighted by Gasteiger charge is -2.13. The highest BCUT2D eigenvalue weighted by Gasteiger charge is 2.14. The molecule has 0 radical (unpaired) electrons. The molecular formula is C19H18N4S. The Labute approximate surface area is 144 Å². The molecule has 5 heteroatoms. The van der Waals surface area contributed by atoms with Gasteiger partial charge in [-0.25, -0.2) is 14.6 Å². The number of thiazole rings is 1. The first-order valence-corrected chi connectivity index (χ1v) is 8.70. The maximum atomic E-state index is 4.59. The molecule has 0 unspecified atom stereocenters. The Hall–Kier alpha value is -2.53. The zero-order valence-electron chi connectivity index (χ0n) is 14.2. The highest BCUT2D eigenvalue weighted by Crippen LogP contribution is 2.29. The zero-order valence-corrected chi connectivity index (χ0v) is 15.0. The first-order valence-electron chi connectivity index (χ1n) is 7.89. The van der Waals surface area contributed by atoms with Gasteiger partial charge in [-0.2, -0.15) is 5.10 Å². The van der Waals surface area contributed by atoms with E-state index in [1.165, 1.54) is 21.4 Å². The molecule has 0 saturated heterocycles. The molecule has 120 valence electrons. The van der Waals surface area contributed by atoms with Gasteiger partial charge in [-0.15, -0.1) is 11.3 Å². The summed E-state index contributed by atoms with van der Waals surface area (Å²) >= 11 is 1.71. The van der Waals surface area contributed by atoms with E-state index in [2.05, 4.69) is 66.2 Å². The summed E-state index contributed by atoms with van der Waals surface area (Å²) in [6.07, 6.45) is 1.62. The molecule has 2 heterocycles. The van der Waals surface area contributed by atoms with E-state index in [1.54, 1.807) is 17.7 Å². The molecule has 0 aliphatic rings. The van der Waals surface area contributed by atoms with Crippen LogP contribution in [0.15, 0.2) is 36.7 Å². The quantitative estimate of drug-likeness (QED) is 0.530. The van der Waals surface area contributed by atoms with Gasteiger partial charge >= 0.3 is 0 Å². The molecule has 0 atom stereocenters. The molecule has 0 aliphatic carbocycles. The monoisotopic (exact) mass is 334 g/mol. The minimum atomic E-state index is 0.845. The lowest BCUT2D eigenvalue weighted by atomic mass is 10.0. The van der Waals surface area contributed by atoms with Crippen LogP contribution in [0.5, 0.6) is 0 Å². The van der Waals surface area contributed by atoms with Crippen LogP contribution in [-0.4, -0.2) is 19.7 Å². The van der Waals surface area contributed by atoms with Gasteiger partial charge in [-0.1, -0.05) is 17.7 Å². The number of fused-ring (bicyclic) bond motifs is 1. The summed E-state index contributed by atoms with van der Waals surface area (Å²) in [5, 5.41) is 5.56. The number of rotatable bonds is 2. The van der Waals surface area contributed by atoms with E-state index in [1.807, 2.05) is 11.6 Å². The Kier molecular flexibility index (Phi) is 3.46. The van der Waals surface area contributed by atoms with Crippen molar-refractivity contribution in [3.8, 4) is 17.1 Å². The van der Waals surface area contributed by atoms with Gasteiger partial charge in [0.2, 0.25) is 0 Å². The maximum Gasteiger partial charge on any atom is 0.163 e. The Balaban J connectivity index is 1.91. The number of aromatic nitrogens is 4. The van der Waals surface area contributed by atoms with Crippen molar-refractivity contribution in [3.63, 3.8) is 0 Å². The largest absolute Gasteiger partial charge is 0.241 e. The van der Waals surface area contributed by atoms with E-state index in [9.17, 15) is 0 Å². The van der Waals surface area contributed by atoms with Crippen LogP contribution in [0, 0.1) is 27.7 Å². The van der Waals surface area contributed by atoms with Crippen LogP contribution < -0.4 is 0 Å². The fraction of sp³-hybridized carbons (Fsp3) is 0.211. The van der Waals surface area contributed by atoms with E-state index < -0.39 is 0 Å². The van der Waals surface area contributed by atoms with Crippen molar-refractivity contribution in [3.05, 3.63) is 58.4 Å². The summed E-state index contributed by atoms with van der Waals surface area (Å²) in [6, 6.07) is 10.7. The molecule has 4 rings (SSSR count). The Morgan fingerprint density at radius 2 is 1.71 bits per heavy atom. The summed E-state index contributed by atoms with van der Waals surface area (Å²) < 4.78 is 3.13. The highest BCUT2D eigenvalue weighted by molar-refractivity contribution is 7.18. The van der Waals surface area contributed by atoms with E-state index in [0.29, 0.717) is 0 Å². The van der Waals surface area contributed by atoms with Gasteiger partial charge in [0.05, 0.1) is 20.9 Å². The van der Waals surface area contributed by atoms with Gasteiger partial charge < -0.3 is 0 Å². The van der Waals surface area contributed by atoms with Crippen molar-refractivity contribution in [2.24, 2.45) is 0 Å². The standard InChI is InChI=1S/C19H18N4S/c1-11-7-12(2)18(13(3)8-11)23-19(20-10-21-23)15-5-6-17-16(9-15)22-14(4)24-17/h5-10H,1-4H3. The van der Waals surface area contributed by atoms with Crippen LogP contribution in [0.4, 0.5) is 0 Å². The first kappa shape index (κ1) is 15.0. The van der Waals surface area contributed by atoms with Gasteiger partial charge in [-0.05, 0) is 57.0 Å². The van der Waals surface area contributed by atoms with Crippen LogP contribution in [0.25, 0.3) is 27.3 Å². The van der Waals surface area contributed by atoms with Crippen molar-refractivity contribution in [1.82, 2.24) is 19.7 Å². The number of benzene rings is 2. The third-order valence-electron chi connectivity index (χ3n) is 4.15. The van der Waals surface area contributed by atoms with Crippen LogP contribution in [0.2, 0.25) is 0 Å². The molecule has 0 bridgehead atoms. The third kappa shape index (κ3) is 2.41. The first-order chi connectivity index (χ1) is 11.5. The Morgan fingerprint density at radius 1 is 0.958 bits per heavy atom. The summed E-state index contributed by atoms with van der Waals surface area (Å²) in [6.45, 7) is 8.39. The van der Waals surface area contributed by atoms with Gasteiger partial charge in [0.25, 0.3) is 0 Å². The van der Waals surface area contributed by atoms with Gasteiger partial charge in [-0.3, -0.25) is 0 Å². The Morgan fingerprint density at radius 3 is 2.46 bits per heavy atom. The second-order valence-corrected chi connectivity index (χ2v) is 7.39. The second-order valence-electron chi connectivity index (χ2n) is 6.16. The van der Waals surface area contributed by atoms with Crippen molar-refractivity contribution in [2.45, 2.75) is 27.7 Å². The van der Waals surface area contributed by atoms with E-state index in [0.717, 1.165) is 27.6 Å². The maximum absolute atomic E-state index is 4.59. The molecule has 0 aliphatic heterocycles. The SMILES string of the molecule is Cc1cc(C)c(-n2ncnc2-c2ccc3sc(C)nc3c2)c(C)c1. The topological polar surface area (TPSA) is 43.6 Å². The molecule has 2 aromatic heterocycles. The number of hydrogen-bond donors (Lipinski definition) is 0. The van der Waals surface area contributed by atoms with Gasteiger partial charge in [0.15, 0.2) is 5.82 Å². The Bertz CT molecular complexity index is 1040. The second kappa shape index (κ2) is 5.53. The average molecular weight is 334 g/mol. The van der Waals surface area contributed by atoms with Gasteiger partial charge in [0, 0.05) is 5.56 Å². The molecule has 0 N–H and O–H groups in total. The summed E-state index contributed by atoms with van der Waals surface area (Å²) in [4.78, 5) is 9.10. The van der Waals surface area contributed by atoms with E-state index in [-0.39, 0.29) is 0 Å². The predicted molar refractivity (Wildman–Crippen MR) is 98.9 cm³/mol. The molecule has 2 aromatic carbocycles. The van der Waals surface area contributed by atoms with Crippen molar-refractivity contribution in [1.29, 1.82) is 0 Å². The minimum Gasteiger partial charge on any atom is -0.241 e. The molecule has 0 spiro atoms. The summed E-state index contributed by atoms with van der Waals surface area (Å²) in [5.74, 6) is 0.845. The third-order valence-corrected chi connectivity index (χ3v) is 5.10. The van der Waals surface area contributed by atoms with Gasteiger partial charge in [0.1, 0.15) is 6.33 Å². The zero-order chi connectivity index (χ0) is 16.8. The van der Waals surface area contributed by atoms with Crippen LogP contribution in [0.1, 0.15) is 21.7 Å². The minimum absolute atomic E-state index is 0.845. The molecule has 0 fully saturated rings. The van der Waals surface area contributed by atoms with Crippen molar-refractivity contribution >= 4 is 21.6 Å². The lowest BCUT2D eigenvalue weighted by Crippen LogP contribution is -2.05. The lowest BCUT2D eigenvalue weighted by molar-refractivity contribution is 0.870. The highest BCUT2D eigenvalue weighted by atomic mass is 32.1. The van der Waals surface area contributed by atoms with Crippen LogP contribution in [0.3, 0.4) is 0 Å². The van der Waals surface area contributed by atoms with Crippen molar-refractivity contribution in [2.75, 3.05) is 0 Å². The van der Waals surface area contributed by atoms with E-state index in [4.69, 9.17) is 0 Å². The van der Waals surface area contributed by atoms with E-state index >= 15 is 0 Å².